The summed E-state index contributed by atoms with van der Waals surface area (Å²) in [6.45, 7) is 15.5. The van der Waals surface area contributed by atoms with E-state index in [1.165, 1.54) is 19.6 Å². The highest BCUT2D eigenvalue weighted by Crippen LogP contribution is 2.40. The van der Waals surface area contributed by atoms with Gasteiger partial charge in [0.1, 0.15) is 40.2 Å². The number of aliphatic imine (C=N–C) groups is 1. The summed E-state index contributed by atoms with van der Waals surface area (Å²) >= 11 is 12.9. The summed E-state index contributed by atoms with van der Waals surface area (Å²) in [5.41, 5.74) is 38.0. The van der Waals surface area contributed by atoms with Crippen LogP contribution in [0.25, 0.3) is 44.0 Å². The van der Waals surface area contributed by atoms with Crippen LogP contribution in [0.3, 0.4) is 0 Å². The third-order valence-electron chi connectivity index (χ3n) is 15.7. The highest BCUT2D eigenvalue weighted by atomic mass is 79.9. The maximum absolute atomic E-state index is 13.6. The summed E-state index contributed by atoms with van der Waals surface area (Å²) in [6.07, 6.45) is 8.75. The van der Waals surface area contributed by atoms with Gasteiger partial charge in [-0.3, -0.25) is 25.3 Å². The van der Waals surface area contributed by atoms with E-state index in [1.54, 1.807) is 43.5 Å². The van der Waals surface area contributed by atoms with Gasteiger partial charge in [-0.25, -0.2) is 37.7 Å². The highest BCUT2D eigenvalue weighted by molar-refractivity contribution is 9.11. The summed E-state index contributed by atoms with van der Waals surface area (Å²) < 4.78 is 62.6. The van der Waals surface area contributed by atoms with E-state index in [0.29, 0.717) is 71.7 Å². The Morgan fingerprint density at radius 2 is 1.01 bits per heavy atom. The first-order chi connectivity index (χ1) is 53.6. The molecule has 0 aliphatic carbocycles. The van der Waals surface area contributed by atoms with Gasteiger partial charge >= 0.3 is 19.1 Å². The number of nitrogen functional groups attached to an aromatic ring is 3. The third-order valence-corrected chi connectivity index (χ3v) is 17.6. The van der Waals surface area contributed by atoms with Crippen LogP contribution in [0.1, 0.15) is 87.9 Å². The van der Waals surface area contributed by atoms with Crippen LogP contribution in [-0.4, -0.2) is 214 Å². The Morgan fingerprint density at radius 3 is 1.40 bits per heavy atom. The van der Waals surface area contributed by atoms with E-state index in [0.717, 1.165) is 90.2 Å². The maximum atomic E-state index is 13.6. The molecule has 20 N–H and O–H groups in total. The number of methoxy groups -OCH3 is 2. The zero-order valence-corrected chi connectivity index (χ0v) is 74.2. The van der Waals surface area contributed by atoms with Gasteiger partial charge in [-0.15, -0.1) is 12.4 Å². The number of aromatic nitrogens is 8. The number of hydrogen-bond donors (Lipinski definition) is 14. The molecule has 2 aliphatic rings. The van der Waals surface area contributed by atoms with Gasteiger partial charge in [0.25, 0.3) is 5.56 Å². The lowest BCUT2D eigenvalue weighted by atomic mass is 9.79. The molecule has 0 saturated carbocycles. The number of aliphatic hydroxyl groups is 3. The second-order valence-corrected chi connectivity index (χ2v) is 29.9. The molecule has 1 fully saturated rings. The van der Waals surface area contributed by atoms with Crippen molar-refractivity contribution >= 4 is 192 Å². The first-order valence-electron chi connectivity index (χ1n) is 35.1. The van der Waals surface area contributed by atoms with Gasteiger partial charge in [-0.05, 0) is 132 Å². The molecule has 9 aromatic rings. The molecule has 0 unspecified atom stereocenters. The molecule has 32 nitrogen and oxygen atoms in total. The van der Waals surface area contributed by atoms with Crippen molar-refractivity contribution in [3.8, 4) is 11.3 Å². The Kier molecular flexibility index (Phi) is 44.0. The van der Waals surface area contributed by atoms with Crippen LogP contribution < -0.4 is 70.2 Å². The minimum atomic E-state index is -1.03. The Morgan fingerprint density at radius 1 is 0.617 bits per heavy atom. The van der Waals surface area contributed by atoms with E-state index in [1.807, 2.05) is 93.4 Å². The highest BCUT2D eigenvalue weighted by Gasteiger charge is 2.52. The molecule has 115 heavy (non-hydrogen) atoms. The molecule has 1 saturated heterocycles. The number of anilines is 9. The molecule has 0 radical (unpaired) electrons. The molecule has 630 valence electrons. The molecule has 5 aromatic carbocycles. The van der Waals surface area contributed by atoms with Gasteiger partial charge in [-0.1, -0.05) is 84.0 Å². The zero-order chi connectivity index (χ0) is 86.1. The number of H-pyrrole nitrogens is 2. The van der Waals surface area contributed by atoms with Gasteiger partial charge in [0.05, 0.1) is 93.1 Å². The lowest BCUT2D eigenvalue weighted by Gasteiger charge is -2.32. The lowest BCUT2D eigenvalue weighted by Crippen LogP contribution is -2.41. The monoisotopic (exact) mass is 1880 g/mol. The van der Waals surface area contributed by atoms with E-state index < -0.39 is 35.0 Å². The minimum absolute atomic E-state index is 0. The number of rotatable bonds is 18. The zero-order valence-electron chi connectivity index (χ0n) is 67.1. The quantitative estimate of drug-likeness (QED) is 0.0125. The number of guanidine groups is 1. The fraction of sp³-hybridized carbons (Fsp3) is 0.392. The first kappa shape index (κ1) is 102. The fourth-order valence-electron chi connectivity index (χ4n) is 9.84. The van der Waals surface area contributed by atoms with Gasteiger partial charge in [0.15, 0.2) is 5.96 Å². The number of halogens is 8. The van der Waals surface area contributed by atoms with Crippen LogP contribution in [0.2, 0.25) is 0 Å². The average molecular weight is 1890 g/mol. The number of allylic oxidation sites excluding steroid dienone is 1. The van der Waals surface area contributed by atoms with Gasteiger partial charge in [-0.2, -0.15) is 15.1 Å². The van der Waals surface area contributed by atoms with Crippen molar-refractivity contribution in [1.82, 2.24) is 40.1 Å². The van der Waals surface area contributed by atoms with Crippen LogP contribution in [-0.2, 0) is 18.8 Å². The molecule has 0 spiro atoms. The van der Waals surface area contributed by atoms with Gasteiger partial charge in [0.2, 0.25) is 17.8 Å². The molecule has 0 amide bonds. The molecule has 41 heteroatoms. The summed E-state index contributed by atoms with van der Waals surface area (Å²) in [5, 5.41) is 47.7. The number of hydrogen-bond acceptors (Lipinski definition) is 28. The smallest absolute Gasteiger partial charge is 0.465 e. The number of esters is 2. The Hall–Kier alpha value is -9.23. The number of aromatic amines is 2. The molecule has 4 aromatic heterocycles. The van der Waals surface area contributed by atoms with E-state index >= 15 is 0 Å². The van der Waals surface area contributed by atoms with Crippen molar-refractivity contribution in [3.63, 3.8) is 0 Å². The predicted molar refractivity (Wildman–Crippen MR) is 474 cm³/mol. The number of benzene rings is 5. The van der Waals surface area contributed by atoms with Crippen LogP contribution >= 0.6 is 76.1 Å². The van der Waals surface area contributed by atoms with E-state index in [9.17, 15) is 27.6 Å². The van der Waals surface area contributed by atoms with Crippen molar-refractivity contribution in [2.75, 3.05) is 164 Å². The standard InChI is InChI=1S/C16H21N7O.C13H18BrN5O.C10H16BNO2.C10H11BrFNO2.C10H11BrN4O.C8H5BrF2O2.C3H9NO.C3H8.CH5N3.ClH/c1-23(2)13-9-10(11-4-6-19-22-11)8-12-14(13)15(18-5-3-7-24)21-16(17)20-12;1-19(2)10-7-8(14)6-9-11(10)12(16-4-3-5-20)18-13(15)17-9;1-9(2)10(3,4)14-11(13-9)8-5-6-12-7-8;1-13(2)8-5-6(11)4-7(12)9(8)10(14)15-3;1-15(2)7-4-5(11)3-6-8(7)9(16)14-10(12)13-6;1-13-8(12)7-5(10)2-4(9)3-6(7)11;4-2-1-3-5;1-3-2;2-1(3)4;/h4,6,8-9,24H,3,5,7H2,1-2H3,(H,19,22)(H3,17,18,20,21);6-7,20H,3-5H2,1-2H3,(H3,15,16,17,18);5-6H,7H2,1-4H3;4-5H,1-3H3;3-4H,1-2H3,(H3,12,13,14,16);2-3H,1H3;5H,1-4H2;3H2,1-2H3;(H5,2,3,4);1H. The van der Waals surface area contributed by atoms with Gasteiger partial charge < -0.3 is 98.7 Å². The predicted octanol–water partition coefficient (Wildman–Crippen LogP) is 11.2. The molecular formula is C74H105BBr4ClF3N22O10. The third kappa shape index (κ3) is 31.4. The Labute approximate surface area is 707 Å². The Bertz CT molecular complexity index is 4710. The minimum Gasteiger partial charge on any atom is -0.465 e. The van der Waals surface area contributed by atoms with E-state index in [4.69, 9.17) is 53.0 Å². The van der Waals surface area contributed by atoms with E-state index in [-0.39, 0.29) is 89.9 Å². The number of carbonyl (C=O) groups excluding carboxylic acids is 2. The lowest BCUT2D eigenvalue weighted by molar-refractivity contribution is 0.00578. The molecule has 0 bridgehead atoms. The van der Waals surface area contributed by atoms with Crippen LogP contribution in [0.15, 0.2) is 112 Å². The van der Waals surface area contributed by atoms with Crippen LogP contribution in [0, 0.1) is 22.9 Å². The topological polar surface area (TPSA) is 487 Å². The SMILES string of the molecule is CC1(C)OB(C2=CC=NC2)OC1(C)C.CCC.CN(C)c1cc(-c2ccn[nH]2)cc2nc(N)nc(NCCCO)c12.CN(C)c1cc(Br)cc2nc(N)[nH]c(=O)c12.CN(C)c1cc(Br)cc2nc(N)nc(NCCCO)c12.COC(=O)c1c(F)cc(Br)cc1F.COC(=O)c1c(F)cc(Br)cc1N(C)C.Cl.N=C(N)N.NCCCO. The normalized spacial score (nSPS) is 12.2. The number of nitrogens with one attached hydrogen (secondary N) is 5. The van der Waals surface area contributed by atoms with Crippen LogP contribution in [0.4, 0.5) is 65.4 Å². The molecule has 2 aliphatic heterocycles. The van der Waals surface area contributed by atoms with Crippen molar-refractivity contribution in [3.05, 3.63) is 141 Å². The van der Waals surface area contributed by atoms with E-state index in [2.05, 4.69) is 188 Å². The molecule has 11 rings (SSSR count). The number of nitrogens with zero attached hydrogens (tertiary/aromatic N) is 11. The van der Waals surface area contributed by atoms with Gasteiger partial charge in [0, 0.05) is 125 Å². The number of nitrogens with two attached hydrogens (primary N) is 6. The van der Waals surface area contributed by atoms with Crippen molar-refractivity contribution in [2.24, 2.45) is 22.2 Å². The number of ether oxygens (including phenoxy) is 2. The summed E-state index contributed by atoms with van der Waals surface area (Å²) in [5.74, 6) is -2.60. The van der Waals surface area contributed by atoms with Crippen LogP contribution in [0.5, 0.6) is 0 Å². The summed E-state index contributed by atoms with van der Waals surface area (Å²) in [7, 11) is 17.1. The second-order valence-electron chi connectivity index (χ2n) is 26.3. The number of fused-ring (bicyclic) bond motifs is 3. The first-order valence-corrected chi connectivity index (χ1v) is 38.3. The number of aliphatic hydroxyl groups excluding tert-OH is 3. The molecule has 6 heterocycles. The second kappa shape index (κ2) is 49.6. The summed E-state index contributed by atoms with van der Waals surface area (Å²) in [6, 6.07) is 18.4. The fourth-order valence-corrected chi connectivity index (χ4v) is 11.5. The summed E-state index contributed by atoms with van der Waals surface area (Å²) in [4.78, 5) is 69.6. The maximum Gasteiger partial charge on any atom is 0.492 e. The molecule has 0 atom stereocenters. The van der Waals surface area contributed by atoms with Crippen molar-refractivity contribution < 1.29 is 56.9 Å². The Balaban J connectivity index is 0.000000458. The molecular weight excluding hydrogens is 1780 g/mol. The number of carbonyl (C=O) groups is 2. The largest absolute Gasteiger partial charge is 0.492 e. The average Bonchev–Trinajstić information content (AvgIpc) is 1.76. The van der Waals surface area contributed by atoms with Crippen molar-refractivity contribution in [2.45, 2.75) is 78.4 Å². The van der Waals surface area contributed by atoms with Crippen molar-refractivity contribution in [1.29, 1.82) is 5.41 Å².